The molecule has 1 aromatic carbocycles. The van der Waals surface area contributed by atoms with Crippen LogP contribution in [-0.2, 0) is 13.1 Å². The first-order valence-electron chi connectivity index (χ1n) is 7.09. The minimum absolute atomic E-state index is 0.110. The molecule has 0 aliphatic carbocycles. The molecule has 0 unspecified atom stereocenters. The van der Waals surface area contributed by atoms with E-state index in [1.165, 1.54) is 0 Å². The number of amides is 1. The third kappa shape index (κ3) is 3.41. The van der Waals surface area contributed by atoms with Gasteiger partial charge in [-0.2, -0.15) is 0 Å². The predicted octanol–water partition coefficient (Wildman–Crippen LogP) is 3.52. The van der Waals surface area contributed by atoms with Gasteiger partial charge in [0.15, 0.2) is 0 Å². The molecule has 110 valence electrons. The molecule has 0 aliphatic rings. The summed E-state index contributed by atoms with van der Waals surface area (Å²) in [6.07, 6.45) is 3.24. The summed E-state index contributed by atoms with van der Waals surface area (Å²) < 4.78 is 5.37. The number of rotatable bonds is 5. The van der Waals surface area contributed by atoms with Crippen LogP contribution in [0, 0.1) is 0 Å². The number of hydrogen-bond acceptors (Lipinski definition) is 3. The van der Waals surface area contributed by atoms with Gasteiger partial charge in [0.25, 0.3) is 5.91 Å². The Morgan fingerprint density at radius 1 is 0.955 bits per heavy atom. The molecular formula is C18H16N2O2. The zero-order valence-corrected chi connectivity index (χ0v) is 12.1. The van der Waals surface area contributed by atoms with Gasteiger partial charge in [0.1, 0.15) is 11.5 Å². The summed E-state index contributed by atoms with van der Waals surface area (Å²) in [6.45, 7) is 0.925. The molecule has 0 spiro atoms. The van der Waals surface area contributed by atoms with E-state index in [2.05, 4.69) is 4.98 Å². The fourth-order valence-corrected chi connectivity index (χ4v) is 2.25. The second-order valence-electron chi connectivity index (χ2n) is 4.94. The minimum Gasteiger partial charge on any atom is -0.467 e. The highest BCUT2D eigenvalue weighted by Crippen LogP contribution is 2.13. The largest absolute Gasteiger partial charge is 0.467 e. The van der Waals surface area contributed by atoms with Crippen molar-refractivity contribution >= 4 is 5.91 Å². The summed E-state index contributed by atoms with van der Waals surface area (Å²) >= 11 is 0. The van der Waals surface area contributed by atoms with Gasteiger partial charge in [0.05, 0.1) is 12.8 Å². The van der Waals surface area contributed by atoms with Gasteiger partial charge in [-0.3, -0.25) is 9.78 Å². The Labute approximate surface area is 129 Å². The Kier molecular flexibility index (Phi) is 4.30. The Hall–Kier alpha value is -2.88. The standard InChI is InChI=1S/C18H16N2O2/c21-18(17-10-4-5-11-19-17)20(14-16-9-6-12-22-16)13-15-7-2-1-3-8-15/h1-12H,13-14H2. The van der Waals surface area contributed by atoms with Gasteiger partial charge in [-0.05, 0) is 29.8 Å². The SMILES string of the molecule is O=C(c1ccccn1)N(Cc1ccccc1)Cc1ccco1. The third-order valence-electron chi connectivity index (χ3n) is 3.31. The van der Waals surface area contributed by atoms with Crippen molar-refractivity contribution in [2.45, 2.75) is 13.1 Å². The van der Waals surface area contributed by atoms with E-state index in [0.29, 0.717) is 18.8 Å². The lowest BCUT2D eigenvalue weighted by atomic mass is 10.2. The van der Waals surface area contributed by atoms with Gasteiger partial charge in [0, 0.05) is 12.7 Å². The third-order valence-corrected chi connectivity index (χ3v) is 3.31. The zero-order chi connectivity index (χ0) is 15.2. The monoisotopic (exact) mass is 292 g/mol. The van der Waals surface area contributed by atoms with Crippen LogP contribution in [0.15, 0.2) is 77.5 Å². The van der Waals surface area contributed by atoms with Crippen molar-refractivity contribution in [3.8, 4) is 0 Å². The van der Waals surface area contributed by atoms with Crippen molar-refractivity contribution in [3.63, 3.8) is 0 Å². The van der Waals surface area contributed by atoms with Gasteiger partial charge >= 0.3 is 0 Å². The lowest BCUT2D eigenvalue weighted by molar-refractivity contribution is 0.0711. The Balaban J connectivity index is 1.84. The summed E-state index contributed by atoms with van der Waals surface area (Å²) in [7, 11) is 0. The molecule has 0 saturated carbocycles. The average molecular weight is 292 g/mol. The fourth-order valence-electron chi connectivity index (χ4n) is 2.25. The van der Waals surface area contributed by atoms with Gasteiger partial charge in [-0.25, -0.2) is 0 Å². The van der Waals surface area contributed by atoms with E-state index in [-0.39, 0.29) is 5.91 Å². The fraction of sp³-hybridized carbons (Fsp3) is 0.111. The van der Waals surface area contributed by atoms with Crippen LogP contribution in [0.1, 0.15) is 21.8 Å². The molecule has 0 atom stereocenters. The molecule has 1 amide bonds. The summed E-state index contributed by atoms with van der Waals surface area (Å²) in [6, 6.07) is 18.9. The molecule has 0 fully saturated rings. The van der Waals surface area contributed by atoms with E-state index in [1.807, 2.05) is 48.5 Å². The molecule has 4 heteroatoms. The molecule has 2 heterocycles. The Bertz CT molecular complexity index is 709. The Morgan fingerprint density at radius 3 is 2.45 bits per heavy atom. The van der Waals surface area contributed by atoms with Crippen molar-refractivity contribution < 1.29 is 9.21 Å². The first-order valence-corrected chi connectivity index (χ1v) is 7.09. The number of benzene rings is 1. The van der Waals surface area contributed by atoms with Crippen molar-refractivity contribution in [1.29, 1.82) is 0 Å². The lowest BCUT2D eigenvalue weighted by Gasteiger charge is -2.21. The number of aromatic nitrogens is 1. The van der Waals surface area contributed by atoms with Crippen molar-refractivity contribution in [1.82, 2.24) is 9.88 Å². The maximum absolute atomic E-state index is 12.7. The highest BCUT2D eigenvalue weighted by Gasteiger charge is 2.18. The van der Waals surface area contributed by atoms with E-state index in [1.54, 1.807) is 29.5 Å². The van der Waals surface area contributed by atoms with Crippen LogP contribution < -0.4 is 0 Å². The van der Waals surface area contributed by atoms with Crippen LogP contribution in [0.2, 0.25) is 0 Å². The summed E-state index contributed by atoms with van der Waals surface area (Å²) in [5.41, 5.74) is 1.50. The van der Waals surface area contributed by atoms with Crippen LogP contribution >= 0.6 is 0 Å². The lowest BCUT2D eigenvalue weighted by Crippen LogP contribution is -2.30. The second kappa shape index (κ2) is 6.72. The molecule has 0 bridgehead atoms. The second-order valence-corrected chi connectivity index (χ2v) is 4.94. The first kappa shape index (κ1) is 14.1. The molecule has 0 radical (unpaired) electrons. The van der Waals surface area contributed by atoms with Crippen LogP contribution in [0.25, 0.3) is 0 Å². The average Bonchev–Trinajstić information content (AvgIpc) is 3.08. The summed E-state index contributed by atoms with van der Waals surface area (Å²) in [5, 5.41) is 0. The number of carbonyl (C=O) groups excluding carboxylic acids is 1. The highest BCUT2D eigenvalue weighted by molar-refractivity contribution is 5.92. The predicted molar refractivity (Wildman–Crippen MR) is 83.0 cm³/mol. The van der Waals surface area contributed by atoms with Crippen molar-refractivity contribution in [2.75, 3.05) is 0 Å². The topological polar surface area (TPSA) is 46.3 Å². The van der Waals surface area contributed by atoms with Gasteiger partial charge in [0.2, 0.25) is 0 Å². The van der Waals surface area contributed by atoms with Crippen LogP contribution in [0.4, 0.5) is 0 Å². The van der Waals surface area contributed by atoms with E-state index in [9.17, 15) is 4.79 Å². The molecule has 0 N–H and O–H groups in total. The maximum atomic E-state index is 12.7. The van der Waals surface area contributed by atoms with E-state index in [0.717, 1.165) is 11.3 Å². The number of pyridine rings is 1. The van der Waals surface area contributed by atoms with E-state index < -0.39 is 0 Å². The van der Waals surface area contributed by atoms with Crippen LogP contribution in [-0.4, -0.2) is 15.8 Å². The van der Waals surface area contributed by atoms with Gasteiger partial charge in [-0.15, -0.1) is 0 Å². The minimum atomic E-state index is -0.110. The molecule has 3 rings (SSSR count). The van der Waals surface area contributed by atoms with Gasteiger partial charge < -0.3 is 9.32 Å². The van der Waals surface area contributed by atoms with Crippen molar-refractivity contribution in [3.05, 3.63) is 90.1 Å². The molecule has 3 aromatic rings. The Morgan fingerprint density at radius 2 is 1.77 bits per heavy atom. The van der Waals surface area contributed by atoms with Crippen molar-refractivity contribution in [2.24, 2.45) is 0 Å². The number of hydrogen-bond donors (Lipinski definition) is 0. The molecular weight excluding hydrogens is 276 g/mol. The normalized spacial score (nSPS) is 10.4. The molecule has 2 aromatic heterocycles. The van der Waals surface area contributed by atoms with Crippen LogP contribution in [0.5, 0.6) is 0 Å². The van der Waals surface area contributed by atoms with Crippen LogP contribution in [0.3, 0.4) is 0 Å². The maximum Gasteiger partial charge on any atom is 0.273 e. The molecule has 0 aliphatic heterocycles. The highest BCUT2D eigenvalue weighted by atomic mass is 16.3. The summed E-state index contributed by atoms with van der Waals surface area (Å²) in [5.74, 6) is 0.640. The number of nitrogens with zero attached hydrogens (tertiary/aromatic N) is 2. The molecule has 0 saturated heterocycles. The first-order chi connectivity index (χ1) is 10.8. The summed E-state index contributed by atoms with van der Waals surface area (Å²) in [4.78, 5) is 18.6. The smallest absolute Gasteiger partial charge is 0.273 e. The number of furan rings is 1. The van der Waals surface area contributed by atoms with Gasteiger partial charge in [-0.1, -0.05) is 36.4 Å². The molecule has 4 nitrogen and oxygen atoms in total. The quantitative estimate of drug-likeness (QED) is 0.723. The molecule has 22 heavy (non-hydrogen) atoms. The van der Waals surface area contributed by atoms with E-state index >= 15 is 0 Å². The van der Waals surface area contributed by atoms with E-state index in [4.69, 9.17) is 4.42 Å². The zero-order valence-electron chi connectivity index (χ0n) is 12.1. The number of carbonyl (C=O) groups is 1.